The lowest BCUT2D eigenvalue weighted by Gasteiger charge is -2.19. The number of ether oxygens (including phenoxy) is 1. The predicted molar refractivity (Wildman–Crippen MR) is 108 cm³/mol. The van der Waals surface area contributed by atoms with E-state index in [-0.39, 0.29) is 11.8 Å². The van der Waals surface area contributed by atoms with Crippen molar-refractivity contribution in [2.75, 3.05) is 23.9 Å². The van der Waals surface area contributed by atoms with Gasteiger partial charge in [-0.05, 0) is 30.7 Å². The highest BCUT2D eigenvalue weighted by molar-refractivity contribution is 5.98. The minimum Gasteiger partial charge on any atom is -0.494 e. The number of hydrogen-bond acceptors (Lipinski definition) is 4. The highest BCUT2D eigenvalue weighted by atomic mass is 16.5. The molecule has 0 aliphatic carbocycles. The number of para-hydroxylation sites is 2. The molecule has 3 aromatic rings. The first-order valence-corrected chi connectivity index (χ1v) is 9.36. The normalized spacial score (nSPS) is 13.9. The van der Waals surface area contributed by atoms with Crippen molar-refractivity contribution in [2.45, 2.75) is 25.7 Å². The molecule has 7 heteroatoms. The average molecular weight is 378 g/mol. The molecule has 2 heterocycles. The summed E-state index contributed by atoms with van der Waals surface area (Å²) in [4.78, 5) is 33.8. The summed E-state index contributed by atoms with van der Waals surface area (Å²) < 4.78 is 5.43. The number of aryl methyl sites for hydroxylation is 1. The van der Waals surface area contributed by atoms with E-state index in [2.05, 4.69) is 15.3 Å². The molecule has 1 aliphatic heterocycles. The Bertz CT molecular complexity index is 994. The first-order chi connectivity index (χ1) is 13.6. The first kappa shape index (κ1) is 18.0. The molecule has 2 N–H and O–H groups in total. The third-order valence-electron chi connectivity index (χ3n) is 4.85. The number of aromatic nitrogens is 2. The van der Waals surface area contributed by atoms with Gasteiger partial charge < -0.3 is 19.9 Å². The number of carbonyl (C=O) groups is 2. The van der Waals surface area contributed by atoms with Crippen molar-refractivity contribution >= 4 is 34.2 Å². The van der Waals surface area contributed by atoms with E-state index in [0.29, 0.717) is 37.2 Å². The molecule has 1 aliphatic rings. The Morgan fingerprint density at radius 3 is 2.89 bits per heavy atom. The fourth-order valence-corrected chi connectivity index (χ4v) is 3.46. The van der Waals surface area contributed by atoms with Crippen LogP contribution in [-0.4, -0.2) is 35.4 Å². The lowest BCUT2D eigenvalue weighted by Crippen LogP contribution is -2.24. The maximum absolute atomic E-state index is 12.3. The minimum atomic E-state index is -0.104. The van der Waals surface area contributed by atoms with Gasteiger partial charge in [-0.25, -0.2) is 4.98 Å². The van der Waals surface area contributed by atoms with Crippen LogP contribution < -0.4 is 15.0 Å². The molecule has 1 aromatic heterocycles. The highest BCUT2D eigenvalue weighted by Crippen LogP contribution is 2.33. The van der Waals surface area contributed by atoms with Crippen LogP contribution in [0, 0.1) is 0 Å². The predicted octanol–water partition coefficient (Wildman–Crippen LogP) is 3.27. The Morgan fingerprint density at radius 1 is 1.29 bits per heavy atom. The Kier molecular flexibility index (Phi) is 4.97. The minimum absolute atomic E-state index is 0.0981. The summed E-state index contributed by atoms with van der Waals surface area (Å²) in [5, 5.41) is 2.89. The molecule has 1 fully saturated rings. The largest absolute Gasteiger partial charge is 0.494 e. The van der Waals surface area contributed by atoms with Gasteiger partial charge in [0.05, 0.1) is 23.8 Å². The van der Waals surface area contributed by atoms with Gasteiger partial charge in [0.25, 0.3) is 0 Å². The number of fused-ring (bicyclic) bond motifs is 1. The number of nitrogens with one attached hydrogen (secondary N) is 2. The van der Waals surface area contributed by atoms with Gasteiger partial charge in [0.15, 0.2) is 0 Å². The van der Waals surface area contributed by atoms with Crippen LogP contribution in [0.1, 0.15) is 25.1 Å². The van der Waals surface area contributed by atoms with E-state index in [9.17, 15) is 9.59 Å². The topological polar surface area (TPSA) is 87.3 Å². The summed E-state index contributed by atoms with van der Waals surface area (Å²) in [5.74, 6) is 1.36. The maximum Gasteiger partial charge on any atom is 0.227 e. The number of benzene rings is 2. The molecule has 2 amide bonds. The van der Waals surface area contributed by atoms with Crippen molar-refractivity contribution in [3.8, 4) is 5.75 Å². The van der Waals surface area contributed by atoms with Gasteiger partial charge in [0, 0.05) is 37.6 Å². The Labute approximate surface area is 162 Å². The van der Waals surface area contributed by atoms with Crippen molar-refractivity contribution in [3.63, 3.8) is 0 Å². The van der Waals surface area contributed by atoms with Crippen LogP contribution in [0.2, 0.25) is 0 Å². The van der Waals surface area contributed by atoms with E-state index in [1.807, 2.05) is 30.3 Å². The summed E-state index contributed by atoms with van der Waals surface area (Å²) in [6.07, 6.45) is 2.25. The van der Waals surface area contributed by atoms with Gasteiger partial charge in [-0.2, -0.15) is 0 Å². The second kappa shape index (κ2) is 7.72. The number of hydrogen-bond donors (Lipinski definition) is 2. The smallest absolute Gasteiger partial charge is 0.227 e. The third-order valence-corrected chi connectivity index (χ3v) is 4.85. The Hall–Kier alpha value is -3.35. The lowest BCUT2D eigenvalue weighted by molar-refractivity contribution is -0.117. The van der Waals surface area contributed by atoms with Crippen molar-refractivity contribution in [2.24, 2.45) is 0 Å². The van der Waals surface area contributed by atoms with E-state index in [0.717, 1.165) is 29.0 Å². The zero-order valence-corrected chi connectivity index (χ0v) is 15.7. The summed E-state index contributed by atoms with van der Waals surface area (Å²) in [6, 6.07) is 13.1. The molecule has 0 atom stereocenters. The number of anilines is 2. The molecular weight excluding hydrogens is 356 g/mol. The summed E-state index contributed by atoms with van der Waals surface area (Å²) in [6.45, 7) is 0.693. The average Bonchev–Trinajstić information content (AvgIpc) is 3.32. The van der Waals surface area contributed by atoms with Gasteiger partial charge in [0.1, 0.15) is 11.6 Å². The number of nitrogens with zero attached hydrogens (tertiary/aromatic N) is 2. The molecule has 0 spiro atoms. The number of carbonyl (C=O) groups excluding carboxylic acids is 2. The molecule has 28 heavy (non-hydrogen) atoms. The third kappa shape index (κ3) is 3.69. The summed E-state index contributed by atoms with van der Waals surface area (Å²) in [7, 11) is 1.56. The maximum atomic E-state index is 12.3. The highest BCUT2D eigenvalue weighted by Gasteiger charge is 2.24. The van der Waals surface area contributed by atoms with Crippen LogP contribution >= 0.6 is 0 Å². The molecule has 144 valence electrons. The van der Waals surface area contributed by atoms with Gasteiger partial charge in [-0.3, -0.25) is 9.59 Å². The number of H-pyrrole nitrogens is 1. The molecule has 0 unspecified atom stereocenters. The van der Waals surface area contributed by atoms with E-state index in [1.165, 1.54) is 0 Å². The number of rotatable bonds is 6. The second-order valence-electron chi connectivity index (χ2n) is 6.78. The van der Waals surface area contributed by atoms with Crippen LogP contribution in [0.4, 0.5) is 11.4 Å². The summed E-state index contributed by atoms with van der Waals surface area (Å²) in [5.41, 5.74) is 3.25. The fraction of sp³-hybridized carbons (Fsp3) is 0.286. The van der Waals surface area contributed by atoms with Gasteiger partial charge >= 0.3 is 0 Å². The van der Waals surface area contributed by atoms with Crippen LogP contribution in [0.25, 0.3) is 11.0 Å². The fourth-order valence-electron chi connectivity index (χ4n) is 3.46. The van der Waals surface area contributed by atoms with Crippen molar-refractivity contribution < 1.29 is 14.3 Å². The molecule has 1 saturated heterocycles. The standard InChI is InChI=1S/C21H22N4O3/c1-28-18-13-14(8-9-17(18)25-12-4-7-21(25)27)22-20(26)11-10-19-23-15-5-2-3-6-16(15)24-19/h2-3,5-6,8-9,13H,4,7,10-12H2,1H3,(H,22,26)(H,23,24). The van der Waals surface area contributed by atoms with Gasteiger partial charge in [-0.15, -0.1) is 0 Å². The molecule has 0 saturated carbocycles. The van der Waals surface area contributed by atoms with E-state index >= 15 is 0 Å². The molecule has 0 bridgehead atoms. The second-order valence-corrected chi connectivity index (χ2v) is 6.78. The van der Waals surface area contributed by atoms with E-state index < -0.39 is 0 Å². The number of methoxy groups -OCH3 is 1. The van der Waals surface area contributed by atoms with Gasteiger partial charge in [0.2, 0.25) is 11.8 Å². The van der Waals surface area contributed by atoms with Crippen LogP contribution in [0.5, 0.6) is 5.75 Å². The summed E-state index contributed by atoms with van der Waals surface area (Å²) >= 11 is 0. The molecular formula is C21H22N4O3. The molecule has 0 radical (unpaired) electrons. The van der Waals surface area contributed by atoms with E-state index in [4.69, 9.17) is 4.74 Å². The first-order valence-electron chi connectivity index (χ1n) is 9.36. The van der Waals surface area contributed by atoms with Gasteiger partial charge in [-0.1, -0.05) is 12.1 Å². The number of imidazole rings is 1. The van der Waals surface area contributed by atoms with Crippen molar-refractivity contribution in [3.05, 3.63) is 48.3 Å². The lowest BCUT2D eigenvalue weighted by atomic mass is 10.2. The Morgan fingerprint density at radius 2 is 2.14 bits per heavy atom. The van der Waals surface area contributed by atoms with Crippen molar-refractivity contribution in [1.82, 2.24) is 9.97 Å². The van der Waals surface area contributed by atoms with E-state index in [1.54, 1.807) is 24.1 Å². The molecule has 4 rings (SSSR count). The Balaban J connectivity index is 1.40. The van der Waals surface area contributed by atoms with Crippen LogP contribution in [0.15, 0.2) is 42.5 Å². The molecule has 7 nitrogen and oxygen atoms in total. The number of amides is 2. The SMILES string of the molecule is COc1cc(NC(=O)CCc2nc3ccccc3[nH]2)ccc1N1CCCC1=O. The molecule has 2 aromatic carbocycles. The number of aromatic amines is 1. The zero-order valence-electron chi connectivity index (χ0n) is 15.7. The van der Waals surface area contributed by atoms with Crippen molar-refractivity contribution in [1.29, 1.82) is 0 Å². The monoisotopic (exact) mass is 378 g/mol. The quantitative estimate of drug-likeness (QED) is 0.689. The zero-order chi connectivity index (χ0) is 19.5. The van der Waals surface area contributed by atoms with Crippen LogP contribution in [-0.2, 0) is 16.0 Å². The van der Waals surface area contributed by atoms with Crippen LogP contribution in [0.3, 0.4) is 0 Å².